The summed E-state index contributed by atoms with van der Waals surface area (Å²) in [4.78, 5) is 18.7. The highest BCUT2D eigenvalue weighted by atomic mass is 16.5. The molecule has 0 aromatic carbocycles. The topological polar surface area (TPSA) is 62.0 Å². The Morgan fingerprint density at radius 3 is 2.40 bits per heavy atom. The van der Waals surface area contributed by atoms with Crippen LogP contribution in [0.5, 0.6) is 0 Å². The van der Waals surface area contributed by atoms with E-state index in [4.69, 9.17) is 10.5 Å². The van der Waals surface area contributed by atoms with Gasteiger partial charge in [-0.25, -0.2) is 0 Å². The fourth-order valence-corrected chi connectivity index (χ4v) is 3.14. The molecular formula is C19H34N4O2. The van der Waals surface area contributed by atoms with Crippen LogP contribution in [0, 0.1) is 0 Å². The van der Waals surface area contributed by atoms with Crippen molar-refractivity contribution in [1.29, 1.82) is 0 Å². The molecule has 0 aromatic rings. The number of carbonyl (C=O) groups is 1. The third-order valence-electron chi connectivity index (χ3n) is 4.51. The summed E-state index contributed by atoms with van der Waals surface area (Å²) in [6.07, 6.45) is 7.01. The molecule has 0 bridgehead atoms. The van der Waals surface area contributed by atoms with Gasteiger partial charge in [-0.3, -0.25) is 9.69 Å². The Morgan fingerprint density at radius 1 is 1.36 bits per heavy atom. The molecule has 0 saturated heterocycles. The number of methoxy groups -OCH3 is 1. The third kappa shape index (κ3) is 4.71. The van der Waals surface area contributed by atoms with Gasteiger partial charge in [-0.2, -0.15) is 0 Å². The van der Waals surface area contributed by atoms with Crippen LogP contribution in [0.2, 0.25) is 0 Å². The SMILES string of the molecule is C=CC(=O)N(C1C=C(N)C=CC1(OC)N(C)CCN(C)C)C(C)(C)C. The highest BCUT2D eigenvalue weighted by molar-refractivity contribution is 5.88. The third-order valence-corrected chi connectivity index (χ3v) is 4.51. The second kappa shape index (κ2) is 8.17. The van der Waals surface area contributed by atoms with Crippen molar-refractivity contribution in [2.45, 2.75) is 38.1 Å². The van der Waals surface area contributed by atoms with Gasteiger partial charge in [-0.1, -0.05) is 6.58 Å². The number of amides is 1. The zero-order valence-corrected chi connectivity index (χ0v) is 16.7. The van der Waals surface area contributed by atoms with Gasteiger partial charge >= 0.3 is 0 Å². The summed E-state index contributed by atoms with van der Waals surface area (Å²) >= 11 is 0. The maximum absolute atomic E-state index is 12.7. The molecule has 0 radical (unpaired) electrons. The average molecular weight is 351 g/mol. The molecule has 0 saturated carbocycles. The highest BCUT2D eigenvalue weighted by Crippen LogP contribution is 2.34. The number of likely N-dealkylation sites (N-methyl/N-ethyl adjacent to an activating group) is 2. The van der Waals surface area contributed by atoms with Gasteiger partial charge in [0.25, 0.3) is 0 Å². The van der Waals surface area contributed by atoms with E-state index in [1.807, 2.05) is 60.1 Å². The summed E-state index contributed by atoms with van der Waals surface area (Å²) in [5.74, 6) is -0.153. The Labute approximate surface area is 152 Å². The number of ether oxygens (including phenoxy) is 1. The van der Waals surface area contributed by atoms with Crippen LogP contribution in [0.4, 0.5) is 0 Å². The molecule has 142 valence electrons. The van der Waals surface area contributed by atoms with E-state index in [1.54, 1.807) is 12.0 Å². The molecule has 1 rings (SSSR count). The molecule has 6 nitrogen and oxygen atoms in total. The van der Waals surface area contributed by atoms with E-state index in [1.165, 1.54) is 6.08 Å². The maximum atomic E-state index is 12.7. The molecule has 25 heavy (non-hydrogen) atoms. The predicted octanol–water partition coefficient (Wildman–Crippen LogP) is 1.42. The second-order valence-electron chi connectivity index (χ2n) is 7.71. The molecule has 0 heterocycles. The summed E-state index contributed by atoms with van der Waals surface area (Å²) in [6.45, 7) is 11.3. The van der Waals surface area contributed by atoms with Gasteiger partial charge in [0, 0.05) is 31.4 Å². The van der Waals surface area contributed by atoms with Crippen molar-refractivity contribution in [3.63, 3.8) is 0 Å². The van der Waals surface area contributed by atoms with Crippen LogP contribution in [-0.2, 0) is 9.53 Å². The lowest BCUT2D eigenvalue weighted by Crippen LogP contribution is -2.66. The molecule has 1 amide bonds. The Balaban J connectivity index is 3.40. The molecule has 0 aliphatic heterocycles. The molecule has 2 atom stereocenters. The first-order chi connectivity index (χ1) is 11.5. The van der Waals surface area contributed by atoms with Gasteiger partial charge in [0.1, 0.15) is 0 Å². The van der Waals surface area contributed by atoms with Crippen LogP contribution in [0.3, 0.4) is 0 Å². The summed E-state index contributed by atoms with van der Waals surface area (Å²) in [7, 11) is 7.72. The van der Waals surface area contributed by atoms with Crippen LogP contribution in [0.1, 0.15) is 20.8 Å². The number of allylic oxidation sites excluding steroid dienone is 1. The number of carbonyl (C=O) groups excluding carboxylic acids is 1. The lowest BCUT2D eigenvalue weighted by Gasteiger charge is -2.52. The zero-order chi connectivity index (χ0) is 19.4. The van der Waals surface area contributed by atoms with E-state index >= 15 is 0 Å². The molecule has 2 N–H and O–H groups in total. The van der Waals surface area contributed by atoms with Gasteiger partial charge in [-0.05, 0) is 66.2 Å². The van der Waals surface area contributed by atoms with E-state index in [0.29, 0.717) is 5.70 Å². The van der Waals surface area contributed by atoms with Crippen LogP contribution in [-0.4, -0.2) is 79.3 Å². The van der Waals surface area contributed by atoms with Crippen molar-refractivity contribution < 1.29 is 9.53 Å². The van der Waals surface area contributed by atoms with Crippen molar-refractivity contribution in [2.75, 3.05) is 41.3 Å². The molecule has 0 aromatic heterocycles. The van der Waals surface area contributed by atoms with E-state index < -0.39 is 11.3 Å². The summed E-state index contributed by atoms with van der Waals surface area (Å²) < 4.78 is 6.00. The quantitative estimate of drug-likeness (QED) is 0.556. The number of hydrogen-bond acceptors (Lipinski definition) is 5. The van der Waals surface area contributed by atoms with Crippen LogP contribution in [0.25, 0.3) is 0 Å². The highest BCUT2D eigenvalue weighted by Gasteiger charge is 2.48. The average Bonchev–Trinajstić information content (AvgIpc) is 2.51. The van der Waals surface area contributed by atoms with Gasteiger partial charge in [-0.15, -0.1) is 0 Å². The first-order valence-corrected chi connectivity index (χ1v) is 8.53. The van der Waals surface area contributed by atoms with Crippen LogP contribution in [0.15, 0.2) is 36.6 Å². The number of rotatable bonds is 7. The normalized spacial score (nSPS) is 23.7. The van der Waals surface area contributed by atoms with Crippen molar-refractivity contribution in [3.8, 4) is 0 Å². The Morgan fingerprint density at radius 2 is 1.96 bits per heavy atom. The van der Waals surface area contributed by atoms with Crippen molar-refractivity contribution in [3.05, 3.63) is 36.6 Å². The van der Waals surface area contributed by atoms with E-state index in [9.17, 15) is 4.79 Å². The minimum Gasteiger partial charge on any atom is -0.399 e. The van der Waals surface area contributed by atoms with Crippen LogP contribution < -0.4 is 5.73 Å². The molecule has 6 heteroatoms. The molecule has 0 spiro atoms. The van der Waals surface area contributed by atoms with Crippen molar-refractivity contribution in [2.24, 2.45) is 5.73 Å². The fraction of sp³-hybridized carbons (Fsp3) is 0.632. The summed E-state index contributed by atoms with van der Waals surface area (Å²) in [6, 6.07) is -0.375. The van der Waals surface area contributed by atoms with Crippen molar-refractivity contribution in [1.82, 2.24) is 14.7 Å². The Hall–Kier alpha value is -1.63. The first-order valence-electron chi connectivity index (χ1n) is 8.53. The first kappa shape index (κ1) is 21.4. The maximum Gasteiger partial charge on any atom is 0.247 e. The lowest BCUT2D eigenvalue weighted by atomic mass is 9.89. The Bertz CT molecular complexity index is 548. The lowest BCUT2D eigenvalue weighted by molar-refractivity contribution is -0.159. The largest absolute Gasteiger partial charge is 0.399 e. The Kier molecular flexibility index (Phi) is 6.99. The monoisotopic (exact) mass is 350 g/mol. The van der Waals surface area contributed by atoms with Gasteiger partial charge < -0.3 is 20.3 Å². The molecule has 0 fully saturated rings. The fourth-order valence-electron chi connectivity index (χ4n) is 3.14. The summed E-state index contributed by atoms with van der Waals surface area (Å²) in [5, 5.41) is 0. The molecular weight excluding hydrogens is 316 g/mol. The van der Waals surface area contributed by atoms with Gasteiger partial charge in [0.2, 0.25) is 5.91 Å². The minimum atomic E-state index is -0.801. The van der Waals surface area contributed by atoms with E-state index in [-0.39, 0.29) is 11.9 Å². The van der Waals surface area contributed by atoms with Crippen LogP contribution >= 0.6 is 0 Å². The summed E-state index contributed by atoms with van der Waals surface area (Å²) in [5.41, 5.74) is 5.46. The molecule has 1 aliphatic rings. The molecule has 1 aliphatic carbocycles. The number of hydrogen-bond donors (Lipinski definition) is 1. The number of nitrogens with two attached hydrogens (primary N) is 1. The van der Waals surface area contributed by atoms with Crippen molar-refractivity contribution >= 4 is 5.91 Å². The smallest absolute Gasteiger partial charge is 0.247 e. The van der Waals surface area contributed by atoms with Gasteiger partial charge in [0.05, 0.1) is 6.04 Å². The van der Waals surface area contributed by atoms with E-state index in [2.05, 4.69) is 16.4 Å². The molecule has 2 unspecified atom stereocenters. The van der Waals surface area contributed by atoms with Gasteiger partial charge in [0.15, 0.2) is 5.72 Å². The minimum absolute atomic E-state index is 0.153. The predicted molar refractivity (Wildman–Crippen MR) is 103 cm³/mol. The van der Waals surface area contributed by atoms with E-state index in [0.717, 1.165) is 13.1 Å². The second-order valence-corrected chi connectivity index (χ2v) is 7.71. The zero-order valence-electron chi connectivity index (χ0n) is 16.7. The standard InChI is InChI=1S/C19H34N4O2/c1-9-17(24)23(18(2,3)4)16-14-15(20)10-11-19(16,25-8)22(7)13-12-21(5)6/h9-11,14,16H,1,12-13,20H2,2-8H3. The number of nitrogens with zero attached hydrogens (tertiary/aromatic N) is 3.